The molecule has 0 radical (unpaired) electrons. The van der Waals surface area contributed by atoms with Crippen molar-refractivity contribution < 1.29 is 14.3 Å². The molecule has 3 rings (SSSR count). The van der Waals surface area contributed by atoms with E-state index in [1.54, 1.807) is 32.0 Å². The van der Waals surface area contributed by atoms with Crippen LogP contribution in [-0.4, -0.2) is 16.8 Å². The third kappa shape index (κ3) is 3.41. The average molecular weight is 433 g/mol. The Kier molecular flexibility index (Phi) is 5.97. The topological polar surface area (TPSA) is 73.4 Å². The summed E-state index contributed by atoms with van der Waals surface area (Å²) in [4.78, 5) is 17.3. The van der Waals surface area contributed by atoms with Crippen molar-refractivity contribution in [3.8, 4) is 6.07 Å². The molecule has 1 N–H and O–H groups in total. The molecule has 2 aromatic rings. The molecule has 29 heavy (non-hydrogen) atoms. The Morgan fingerprint density at radius 3 is 2.52 bits per heavy atom. The third-order valence-corrected chi connectivity index (χ3v) is 6.34. The van der Waals surface area contributed by atoms with E-state index in [1.165, 1.54) is 24.3 Å². The molecule has 1 aliphatic heterocycles. The number of benzene rings is 2. The van der Waals surface area contributed by atoms with Gasteiger partial charge in [-0.3, -0.25) is 9.79 Å². The van der Waals surface area contributed by atoms with Gasteiger partial charge in [-0.25, -0.2) is 4.39 Å². The quantitative estimate of drug-likeness (QED) is 0.638. The standard InChI is InChI=1S/C22H19Cl2FN2O2/c1-3-22(21(28)29)19(14-9-8-13(23)10-17(14)24)16(11-26)12(2)27-20(22)15-6-4-5-7-18(15)25/h4-10,16,19-20H,3H2,1-2H3,(H,28,29). The molecule has 4 nitrogen and oxygen atoms in total. The highest BCUT2D eigenvalue weighted by molar-refractivity contribution is 6.35. The zero-order valence-corrected chi connectivity index (χ0v) is 17.4. The number of carboxylic acids is 1. The maximum absolute atomic E-state index is 14.7. The van der Waals surface area contributed by atoms with Gasteiger partial charge in [0.1, 0.15) is 11.2 Å². The fourth-order valence-corrected chi connectivity index (χ4v) is 4.87. The van der Waals surface area contributed by atoms with E-state index in [1.807, 2.05) is 0 Å². The number of nitrogens with zero attached hydrogens (tertiary/aromatic N) is 2. The minimum atomic E-state index is -1.57. The van der Waals surface area contributed by atoms with Gasteiger partial charge in [0.25, 0.3) is 0 Å². The van der Waals surface area contributed by atoms with Gasteiger partial charge >= 0.3 is 5.97 Å². The molecule has 4 atom stereocenters. The van der Waals surface area contributed by atoms with Crippen LogP contribution in [0.1, 0.15) is 43.4 Å². The highest BCUT2D eigenvalue weighted by atomic mass is 35.5. The first-order valence-corrected chi connectivity index (χ1v) is 9.90. The first kappa shape index (κ1) is 21.3. The lowest BCUT2D eigenvalue weighted by Crippen LogP contribution is -2.49. The Bertz CT molecular complexity index is 1030. The largest absolute Gasteiger partial charge is 0.481 e. The van der Waals surface area contributed by atoms with Crippen LogP contribution in [0.5, 0.6) is 0 Å². The first-order valence-electron chi connectivity index (χ1n) is 9.14. The van der Waals surface area contributed by atoms with Gasteiger partial charge in [-0.1, -0.05) is 54.4 Å². The fourth-order valence-electron chi connectivity index (χ4n) is 4.34. The minimum Gasteiger partial charge on any atom is -0.481 e. The summed E-state index contributed by atoms with van der Waals surface area (Å²) in [6.07, 6.45) is 0.125. The molecule has 0 aromatic heterocycles. The van der Waals surface area contributed by atoms with Gasteiger partial charge in [-0.15, -0.1) is 0 Å². The van der Waals surface area contributed by atoms with Crippen LogP contribution in [0.2, 0.25) is 10.0 Å². The molecular formula is C22H19Cl2FN2O2. The molecule has 0 spiro atoms. The van der Waals surface area contributed by atoms with Gasteiger partial charge in [0.2, 0.25) is 0 Å². The number of aliphatic carboxylic acids is 1. The predicted molar refractivity (Wildman–Crippen MR) is 111 cm³/mol. The second-order valence-corrected chi connectivity index (χ2v) is 7.99. The number of carboxylic acid groups (broad SMARTS) is 1. The molecule has 1 heterocycles. The van der Waals surface area contributed by atoms with Crippen LogP contribution < -0.4 is 0 Å². The summed E-state index contributed by atoms with van der Waals surface area (Å²) in [5.74, 6) is -3.35. The van der Waals surface area contributed by atoms with E-state index in [2.05, 4.69) is 11.1 Å². The van der Waals surface area contributed by atoms with E-state index >= 15 is 0 Å². The van der Waals surface area contributed by atoms with E-state index in [9.17, 15) is 19.6 Å². The number of hydrogen-bond acceptors (Lipinski definition) is 3. The zero-order valence-electron chi connectivity index (χ0n) is 15.9. The van der Waals surface area contributed by atoms with Crippen molar-refractivity contribution in [1.29, 1.82) is 5.26 Å². The molecule has 4 unspecified atom stereocenters. The van der Waals surface area contributed by atoms with Gasteiger partial charge < -0.3 is 5.11 Å². The number of carbonyl (C=O) groups is 1. The minimum absolute atomic E-state index is 0.125. The smallest absolute Gasteiger partial charge is 0.312 e. The van der Waals surface area contributed by atoms with Gasteiger partial charge in [-0.2, -0.15) is 5.26 Å². The van der Waals surface area contributed by atoms with Gasteiger partial charge in [0, 0.05) is 27.2 Å². The lowest BCUT2D eigenvalue weighted by atomic mass is 9.57. The highest BCUT2D eigenvalue weighted by Crippen LogP contribution is 2.58. The highest BCUT2D eigenvalue weighted by Gasteiger charge is 2.58. The van der Waals surface area contributed by atoms with Crippen molar-refractivity contribution >= 4 is 34.9 Å². The van der Waals surface area contributed by atoms with E-state index in [4.69, 9.17) is 23.2 Å². The maximum atomic E-state index is 14.7. The molecule has 0 saturated carbocycles. The van der Waals surface area contributed by atoms with Crippen molar-refractivity contribution in [3.63, 3.8) is 0 Å². The lowest BCUT2D eigenvalue weighted by Gasteiger charge is -2.46. The lowest BCUT2D eigenvalue weighted by molar-refractivity contribution is -0.153. The van der Waals surface area contributed by atoms with Gasteiger partial charge in [0.05, 0.1) is 18.0 Å². The van der Waals surface area contributed by atoms with Gasteiger partial charge in [-0.05, 0) is 37.1 Å². The van der Waals surface area contributed by atoms with Crippen LogP contribution in [0, 0.1) is 28.5 Å². The number of aliphatic imine (C=N–C) groups is 1. The van der Waals surface area contributed by atoms with Crippen LogP contribution in [0.25, 0.3) is 0 Å². The Hall–Kier alpha value is -2.42. The molecular weight excluding hydrogens is 414 g/mol. The maximum Gasteiger partial charge on any atom is 0.312 e. The summed E-state index contributed by atoms with van der Waals surface area (Å²) >= 11 is 12.5. The van der Waals surface area contributed by atoms with Gasteiger partial charge in [0.15, 0.2) is 0 Å². The number of nitriles is 1. The summed E-state index contributed by atoms with van der Waals surface area (Å²) in [6, 6.07) is 12.0. The van der Waals surface area contributed by atoms with Crippen molar-refractivity contribution in [3.05, 3.63) is 69.5 Å². The van der Waals surface area contributed by atoms with Crippen LogP contribution in [0.3, 0.4) is 0 Å². The van der Waals surface area contributed by atoms with E-state index in [-0.39, 0.29) is 17.0 Å². The Balaban J connectivity index is 2.38. The Labute approximate surface area is 178 Å². The van der Waals surface area contributed by atoms with Crippen molar-refractivity contribution in [2.75, 3.05) is 0 Å². The van der Waals surface area contributed by atoms with Crippen LogP contribution in [-0.2, 0) is 4.79 Å². The van der Waals surface area contributed by atoms with E-state index in [0.29, 0.717) is 16.3 Å². The Morgan fingerprint density at radius 1 is 1.28 bits per heavy atom. The molecule has 1 aliphatic rings. The van der Waals surface area contributed by atoms with Crippen LogP contribution in [0.15, 0.2) is 47.5 Å². The number of rotatable bonds is 4. The second-order valence-electron chi connectivity index (χ2n) is 7.14. The zero-order chi connectivity index (χ0) is 21.3. The summed E-state index contributed by atoms with van der Waals surface area (Å²) < 4.78 is 14.7. The summed E-state index contributed by atoms with van der Waals surface area (Å²) in [7, 11) is 0. The molecule has 0 saturated heterocycles. The molecule has 150 valence electrons. The summed E-state index contributed by atoms with van der Waals surface area (Å²) in [6.45, 7) is 3.38. The second kappa shape index (κ2) is 8.14. The number of halogens is 3. The predicted octanol–water partition coefficient (Wildman–Crippen LogP) is 6.05. The Morgan fingerprint density at radius 2 is 1.97 bits per heavy atom. The molecule has 7 heteroatoms. The molecule has 2 aromatic carbocycles. The number of hydrogen-bond donors (Lipinski definition) is 1. The fraction of sp³-hybridized carbons (Fsp3) is 0.318. The molecule has 0 fully saturated rings. The molecule has 0 amide bonds. The van der Waals surface area contributed by atoms with E-state index in [0.717, 1.165) is 0 Å². The van der Waals surface area contributed by atoms with E-state index < -0.39 is 35.1 Å². The van der Waals surface area contributed by atoms with Crippen molar-refractivity contribution in [2.24, 2.45) is 16.3 Å². The molecule has 0 aliphatic carbocycles. The SMILES string of the molecule is CCC1(C(=O)O)C(c2ccccc2F)N=C(C)C(C#N)C1c1ccc(Cl)cc1Cl. The first-order chi connectivity index (χ1) is 13.8. The van der Waals surface area contributed by atoms with Crippen molar-refractivity contribution in [2.45, 2.75) is 32.2 Å². The third-order valence-electron chi connectivity index (χ3n) is 5.78. The summed E-state index contributed by atoms with van der Waals surface area (Å²) in [5.41, 5.74) is -0.452. The van der Waals surface area contributed by atoms with Crippen LogP contribution in [0.4, 0.5) is 4.39 Å². The monoisotopic (exact) mass is 432 g/mol. The van der Waals surface area contributed by atoms with Crippen molar-refractivity contribution in [1.82, 2.24) is 0 Å². The normalized spacial score (nSPS) is 26.5. The summed E-state index contributed by atoms with van der Waals surface area (Å²) in [5, 5.41) is 21.0. The van der Waals surface area contributed by atoms with Crippen LogP contribution >= 0.6 is 23.2 Å². The average Bonchev–Trinajstić information content (AvgIpc) is 2.68. The molecule has 0 bridgehead atoms.